The molecule has 0 aromatic heterocycles. The summed E-state index contributed by atoms with van der Waals surface area (Å²) in [5.74, 6) is 0.0566. The maximum Gasteiger partial charge on any atom is 0.334 e. The first-order valence-corrected chi connectivity index (χ1v) is 9.75. The smallest absolute Gasteiger partial charge is 0.334 e. The van der Waals surface area contributed by atoms with Crippen LogP contribution in [-0.2, 0) is 23.8 Å². The van der Waals surface area contributed by atoms with Gasteiger partial charge in [-0.2, -0.15) is 0 Å². The zero-order valence-electron chi connectivity index (χ0n) is 16.9. The van der Waals surface area contributed by atoms with Crippen LogP contribution in [0, 0.1) is 11.8 Å². The van der Waals surface area contributed by atoms with E-state index in [9.17, 15) is 9.59 Å². The van der Waals surface area contributed by atoms with Gasteiger partial charge in [0.05, 0.1) is 12.5 Å². The molecule has 0 aromatic rings. The van der Waals surface area contributed by atoms with Crippen LogP contribution in [0.1, 0.15) is 58.3 Å². The first kappa shape index (κ1) is 24.3. The van der Waals surface area contributed by atoms with E-state index in [1.54, 1.807) is 7.11 Å². The van der Waals surface area contributed by atoms with Crippen molar-refractivity contribution in [3.05, 3.63) is 23.8 Å². The lowest BCUT2D eigenvalue weighted by Gasteiger charge is -2.39. The quantitative estimate of drug-likeness (QED) is 0.518. The zero-order valence-corrected chi connectivity index (χ0v) is 16.9. The molecule has 1 aliphatic heterocycles. The van der Waals surface area contributed by atoms with Crippen molar-refractivity contribution < 1.29 is 34.8 Å². The molecule has 2 aliphatic carbocycles. The van der Waals surface area contributed by atoms with Crippen molar-refractivity contribution in [2.24, 2.45) is 11.8 Å². The van der Waals surface area contributed by atoms with Crippen LogP contribution < -0.4 is 0 Å². The minimum Gasteiger partial charge on any atom is -0.462 e. The molecule has 2 saturated carbocycles. The Morgan fingerprint density at radius 3 is 2.39 bits per heavy atom. The molecule has 3 rings (SSSR count). The van der Waals surface area contributed by atoms with Crippen molar-refractivity contribution in [3.63, 3.8) is 0 Å². The number of methoxy groups -OCH3 is 1. The molecular weight excluding hydrogens is 364 g/mol. The van der Waals surface area contributed by atoms with Gasteiger partial charge in [-0.1, -0.05) is 18.2 Å². The summed E-state index contributed by atoms with van der Waals surface area (Å²) < 4.78 is 16.8. The Hall–Kier alpha value is -1.70. The second-order valence-electron chi connectivity index (χ2n) is 8.00. The summed E-state index contributed by atoms with van der Waals surface area (Å²) in [6.07, 6.45) is 8.67. The molecule has 160 valence electrons. The third-order valence-corrected chi connectivity index (χ3v) is 5.87. The molecule has 7 heteroatoms. The van der Waals surface area contributed by atoms with Crippen LogP contribution in [-0.4, -0.2) is 48.3 Å². The number of carbonyl (C=O) groups is 2. The molecule has 3 atom stereocenters. The molecule has 0 radical (unpaired) electrons. The molecule has 0 saturated heterocycles. The Morgan fingerprint density at radius 2 is 1.79 bits per heavy atom. The number of rotatable bonds is 5. The van der Waals surface area contributed by atoms with Gasteiger partial charge in [0.1, 0.15) is 12.2 Å². The van der Waals surface area contributed by atoms with Crippen molar-refractivity contribution >= 4 is 11.9 Å². The highest BCUT2D eigenvalue weighted by molar-refractivity contribution is 5.90. The number of fused-ring (bicyclic) bond motifs is 1. The third-order valence-electron chi connectivity index (χ3n) is 5.87. The standard InChI is InChI=1S/C21H30O5.2H2O/c1-13(2)10-20(22)25-17-8-9-19-15(11-17)12-18(21(23)26-19)14-4-6-16(24-3)7-5-14;;/h12,14-17,19H,1,4-11H2,2-3H3;2*1H2. The van der Waals surface area contributed by atoms with Gasteiger partial charge in [-0.3, -0.25) is 4.79 Å². The topological polar surface area (TPSA) is 125 Å². The van der Waals surface area contributed by atoms with Crippen molar-refractivity contribution in [2.45, 2.75) is 76.6 Å². The van der Waals surface area contributed by atoms with Gasteiger partial charge < -0.3 is 25.2 Å². The SMILES string of the molecule is C=C(C)CC(=O)OC1CCC2OC(=O)C(C3CCC(OC)CC3)=CC2C1.O.O. The van der Waals surface area contributed by atoms with E-state index in [1.165, 1.54) is 0 Å². The van der Waals surface area contributed by atoms with E-state index in [0.717, 1.165) is 56.1 Å². The monoisotopic (exact) mass is 398 g/mol. The fraction of sp³-hybridized carbons (Fsp3) is 0.714. The highest BCUT2D eigenvalue weighted by Gasteiger charge is 2.40. The molecule has 0 bridgehead atoms. The molecule has 3 unspecified atom stereocenters. The predicted octanol–water partition coefficient (Wildman–Crippen LogP) is 2.07. The van der Waals surface area contributed by atoms with Crippen LogP contribution >= 0.6 is 0 Å². The Bertz CT molecular complexity index is 590. The van der Waals surface area contributed by atoms with E-state index < -0.39 is 0 Å². The third kappa shape index (κ3) is 5.90. The first-order valence-electron chi connectivity index (χ1n) is 9.75. The van der Waals surface area contributed by atoms with Crippen molar-refractivity contribution in [1.82, 2.24) is 0 Å². The van der Waals surface area contributed by atoms with Gasteiger partial charge in [-0.05, 0) is 57.8 Å². The van der Waals surface area contributed by atoms with Crippen molar-refractivity contribution in [2.75, 3.05) is 7.11 Å². The average Bonchev–Trinajstić information content (AvgIpc) is 2.61. The number of hydrogen-bond donors (Lipinski definition) is 0. The van der Waals surface area contributed by atoms with Crippen LogP contribution in [0.3, 0.4) is 0 Å². The Balaban J connectivity index is 0.00000196. The second kappa shape index (κ2) is 10.7. The van der Waals surface area contributed by atoms with E-state index in [4.69, 9.17) is 14.2 Å². The van der Waals surface area contributed by atoms with Crippen LogP contribution in [0.5, 0.6) is 0 Å². The highest BCUT2D eigenvalue weighted by Crippen LogP contribution is 2.39. The lowest BCUT2D eigenvalue weighted by atomic mass is 9.76. The van der Waals surface area contributed by atoms with Gasteiger partial charge in [-0.15, -0.1) is 0 Å². The van der Waals surface area contributed by atoms with E-state index in [1.807, 2.05) is 6.92 Å². The Labute approximate surface area is 166 Å². The highest BCUT2D eigenvalue weighted by atomic mass is 16.6. The average molecular weight is 398 g/mol. The van der Waals surface area contributed by atoms with Gasteiger partial charge in [0.15, 0.2) is 0 Å². The number of esters is 2. The fourth-order valence-corrected chi connectivity index (χ4v) is 4.46. The fourth-order valence-electron chi connectivity index (χ4n) is 4.46. The Morgan fingerprint density at radius 1 is 1.14 bits per heavy atom. The molecule has 0 amide bonds. The predicted molar refractivity (Wildman–Crippen MR) is 105 cm³/mol. The van der Waals surface area contributed by atoms with Gasteiger partial charge in [0.25, 0.3) is 0 Å². The zero-order chi connectivity index (χ0) is 18.7. The molecule has 3 aliphatic rings. The maximum absolute atomic E-state index is 12.5. The summed E-state index contributed by atoms with van der Waals surface area (Å²) in [4.78, 5) is 24.4. The lowest BCUT2D eigenvalue weighted by molar-refractivity contribution is -0.160. The summed E-state index contributed by atoms with van der Waals surface area (Å²) >= 11 is 0. The number of ether oxygens (including phenoxy) is 3. The molecule has 0 aromatic carbocycles. The van der Waals surface area contributed by atoms with E-state index in [-0.39, 0.29) is 53.4 Å². The van der Waals surface area contributed by atoms with Crippen molar-refractivity contribution in [1.29, 1.82) is 0 Å². The summed E-state index contributed by atoms with van der Waals surface area (Å²) in [7, 11) is 1.75. The van der Waals surface area contributed by atoms with E-state index in [0.29, 0.717) is 6.10 Å². The van der Waals surface area contributed by atoms with Crippen LogP contribution in [0.4, 0.5) is 0 Å². The number of hydrogen-bond acceptors (Lipinski definition) is 5. The van der Waals surface area contributed by atoms with Crippen LogP contribution in [0.25, 0.3) is 0 Å². The van der Waals surface area contributed by atoms with E-state index >= 15 is 0 Å². The van der Waals surface area contributed by atoms with Crippen LogP contribution in [0.15, 0.2) is 23.8 Å². The molecule has 0 spiro atoms. The summed E-state index contributed by atoms with van der Waals surface area (Å²) in [5.41, 5.74) is 1.64. The molecular formula is C21H34O7. The van der Waals surface area contributed by atoms with Gasteiger partial charge in [0, 0.05) is 18.6 Å². The normalized spacial score (nSPS) is 31.9. The van der Waals surface area contributed by atoms with Crippen molar-refractivity contribution in [3.8, 4) is 0 Å². The largest absolute Gasteiger partial charge is 0.462 e. The second-order valence-corrected chi connectivity index (χ2v) is 8.00. The maximum atomic E-state index is 12.5. The van der Waals surface area contributed by atoms with Gasteiger partial charge in [0.2, 0.25) is 0 Å². The Kier molecular flexibility index (Phi) is 9.33. The molecule has 7 nitrogen and oxygen atoms in total. The summed E-state index contributed by atoms with van der Waals surface area (Å²) in [5, 5.41) is 0. The van der Waals surface area contributed by atoms with E-state index in [2.05, 4.69) is 12.7 Å². The molecule has 1 heterocycles. The molecule has 2 fully saturated rings. The molecule has 28 heavy (non-hydrogen) atoms. The minimum absolute atomic E-state index is 0. The summed E-state index contributed by atoms with van der Waals surface area (Å²) in [6.45, 7) is 5.58. The van der Waals surface area contributed by atoms with Crippen LogP contribution in [0.2, 0.25) is 0 Å². The minimum atomic E-state index is -0.212. The van der Waals surface area contributed by atoms with Gasteiger partial charge >= 0.3 is 11.9 Å². The lowest BCUT2D eigenvalue weighted by Crippen LogP contribution is -2.41. The van der Waals surface area contributed by atoms with Gasteiger partial charge in [-0.25, -0.2) is 4.79 Å². The molecule has 4 N–H and O–H groups in total. The number of carbonyl (C=O) groups excluding carboxylic acids is 2. The first-order chi connectivity index (χ1) is 12.5. The summed E-state index contributed by atoms with van der Waals surface area (Å²) in [6, 6.07) is 0.